The molecule has 0 bridgehead atoms. The first-order chi connectivity index (χ1) is 25.0. The first kappa shape index (κ1) is 39.9. The van der Waals surface area contributed by atoms with Crippen molar-refractivity contribution in [1.82, 2.24) is 15.5 Å². The second kappa shape index (κ2) is 18.0. The Kier molecular flexibility index (Phi) is 13.8. The molecular formula is C41H53N3O8. The van der Waals surface area contributed by atoms with E-state index < -0.39 is 53.0 Å². The minimum absolute atomic E-state index is 0.0212. The number of amides is 3. The number of carbonyl (C=O) groups is 4. The largest absolute Gasteiger partial charge is 0.496 e. The number of carboxylic acids is 1. The summed E-state index contributed by atoms with van der Waals surface area (Å²) in [4.78, 5) is 55.6. The molecule has 2 aromatic carbocycles. The SMILES string of the molecule is C=CCCCCCC(NC(=O)OCCCCC=C)C(=O)N1C[C@](OC)(c2ccc3cc(OC)c(C=C)cc3c2)C[C@H]1C(=O)NC1(C(=O)O)CC1C=C. The van der Waals surface area contributed by atoms with Crippen molar-refractivity contribution in [3.8, 4) is 5.75 Å². The van der Waals surface area contributed by atoms with Crippen molar-refractivity contribution in [2.24, 2.45) is 5.92 Å². The average molecular weight is 716 g/mol. The third-order valence-corrected chi connectivity index (χ3v) is 10.3. The molecule has 2 aliphatic rings. The monoisotopic (exact) mass is 715 g/mol. The summed E-state index contributed by atoms with van der Waals surface area (Å²) in [7, 11) is 3.13. The van der Waals surface area contributed by atoms with E-state index in [-0.39, 0.29) is 26.0 Å². The summed E-state index contributed by atoms with van der Waals surface area (Å²) in [6.45, 7) is 15.3. The second-order valence-corrected chi connectivity index (χ2v) is 13.6. The van der Waals surface area contributed by atoms with E-state index in [1.807, 2.05) is 36.4 Å². The average Bonchev–Trinajstić information content (AvgIpc) is 3.72. The fourth-order valence-electron chi connectivity index (χ4n) is 7.06. The number of carbonyl (C=O) groups excluding carboxylic acids is 3. The molecule has 2 aromatic rings. The molecular weight excluding hydrogens is 662 g/mol. The second-order valence-electron chi connectivity index (χ2n) is 13.6. The van der Waals surface area contributed by atoms with E-state index in [9.17, 15) is 24.3 Å². The predicted octanol–water partition coefficient (Wildman–Crippen LogP) is 6.67. The van der Waals surface area contributed by atoms with E-state index in [1.165, 1.54) is 18.1 Å². The molecule has 1 saturated heterocycles. The van der Waals surface area contributed by atoms with Gasteiger partial charge in [-0.15, -0.1) is 19.7 Å². The number of carboxylic acid groups (broad SMARTS) is 1. The van der Waals surface area contributed by atoms with Gasteiger partial charge in [0.25, 0.3) is 0 Å². The van der Waals surface area contributed by atoms with Crippen LogP contribution in [0.3, 0.4) is 0 Å². The number of allylic oxidation sites excluding steroid dienone is 2. The number of unbranched alkanes of at least 4 members (excludes halogenated alkanes) is 5. The van der Waals surface area contributed by atoms with Crippen LogP contribution in [0.5, 0.6) is 5.75 Å². The van der Waals surface area contributed by atoms with Crippen molar-refractivity contribution in [3.63, 3.8) is 0 Å². The zero-order valence-corrected chi connectivity index (χ0v) is 30.5. The molecule has 11 nitrogen and oxygen atoms in total. The third kappa shape index (κ3) is 8.93. The van der Waals surface area contributed by atoms with Gasteiger partial charge in [-0.1, -0.05) is 55.9 Å². The van der Waals surface area contributed by atoms with Crippen molar-refractivity contribution in [2.45, 2.75) is 87.4 Å². The van der Waals surface area contributed by atoms with E-state index in [2.05, 4.69) is 36.9 Å². The minimum atomic E-state index is -1.51. The highest BCUT2D eigenvalue weighted by atomic mass is 16.5. The summed E-state index contributed by atoms with van der Waals surface area (Å²) >= 11 is 0. The van der Waals surface area contributed by atoms with Crippen LogP contribution in [0.15, 0.2) is 74.9 Å². The first-order valence-corrected chi connectivity index (χ1v) is 18.0. The Morgan fingerprint density at radius 2 is 1.69 bits per heavy atom. The lowest BCUT2D eigenvalue weighted by atomic mass is 9.88. The van der Waals surface area contributed by atoms with Crippen molar-refractivity contribution in [3.05, 3.63) is 86.0 Å². The highest BCUT2D eigenvalue weighted by Gasteiger charge is 2.62. The normalized spacial score (nSPS) is 22.5. The topological polar surface area (TPSA) is 144 Å². The lowest BCUT2D eigenvalue weighted by Crippen LogP contribution is -2.56. The van der Waals surface area contributed by atoms with Crippen LogP contribution in [0.4, 0.5) is 4.79 Å². The molecule has 1 heterocycles. The predicted molar refractivity (Wildman–Crippen MR) is 202 cm³/mol. The minimum Gasteiger partial charge on any atom is -0.496 e. The van der Waals surface area contributed by atoms with E-state index in [0.717, 1.165) is 54.0 Å². The highest BCUT2D eigenvalue weighted by Crippen LogP contribution is 2.46. The Labute approximate surface area is 306 Å². The number of nitrogens with one attached hydrogen (secondary N) is 2. The Hall–Kier alpha value is -4.90. The molecule has 11 heteroatoms. The van der Waals surface area contributed by atoms with Gasteiger partial charge in [-0.05, 0) is 79.5 Å². The van der Waals surface area contributed by atoms with Crippen LogP contribution in [-0.2, 0) is 29.5 Å². The van der Waals surface area contributed by atoms with Crippen LogP contribution >= 0.6 is 0 Å². The number of fused-ring (bicyclic) bond motifs is 1. The molecule has 1 aliphatic carbocycles. The van der Waals surface area contributed by atoms with Crippen LogP contribution in [0.25, 0.3) is 16.8 Å². The fraction of sp³-hybridized carbons (Fsp3) is 0.463. The number of likely N-dealkylation sites (tertiary alicyclic amines) is 1. The Morgan fingerprint density at radius 1 is 0.962 bits per heavy atom. The molecule has 0 spiro atoms. The third-order valence-electron chi connectivity index (χ3n) is 10.3. The summed E-state index contributed by atoms with van der Waals surface area (Å²) in [6, 6.07) is 7.54. The van der Waals surface area contributed by atoms with Crippen LogP contribution in [0, 0.1) is 5.92 Å². The Bertz CT molecular complexity index is 1670. The number of aliphatic carboxylic acids is 1. The molecule has 0 aromatic heterocycles. The van der Waals surface area contributed by atoms with Crippen molar-refractivity contribution in [2.75, 3.05) is 27.4 Å². The Morgan fingerprint density at radius 3 is 2.31 bits per heavy atom. The van der Waals surface area contributed by atoms with Gasteiger partial charge in [-0.3, -0.25) is 9.59 Å². The van der Waals surface area contributed by atoms with E-state index >= 15 is 0 Å². The number of hydrogen-bond acceptors (Lipinski definition) is 7. The summed E-state index contributed by atoms with van der Waals surface area (Å²) in [5.74, 6) is -2.04. The number of rotatable bonds is 21. The summed E-state index contributed by atoms with van der Waals surface area (Å²) in [6.07, 6.45) is 12.1. The smallest absolute Gasteiger partial charge is 0.407 e. The first-order valence-electron chi connectivity index (χ1n) is 18.0. The van der Waals surface area contributed by atoms with Gasteiger partial charge in [0.1, 0.15) is 29.0 Å². The number of ether oxygens (including phenoxy) is 3. The van der Waals surface area contributed by atoms with Gasteiger partial charge in [0.05, 0.1) is 20.3 Å². The summed E-state index contributed by atoms with van der Waals surface area (Å²) in [5, 5.41) is 17.4. The van der Waals surface area contributed by atoms with Crippen LogP contribution < -0.4 is 15.4 Å². The van der Waals surface area contributed by atoms with Crippen LogP contribution in [-0.4, -0.2) is 78.9 Å². The van der Waals surface area contributed by atoms with Crippen molar-refractivity contribution in [1.29, 1.82) is 0 Å². The van der Waals surface area contributed by atoms with Crippen LogP contribution in [0.1, 0.15) is 75.3 Å². The van der Waals surface area contributed by atoms with E-state index in [0.29, 0.717) is 25.0 Å². The zero-order chi connectivity index (χ0) is 37.9. The number of benzene rings is 2. The van der Waals surface area contributed by atoms with Gasteiger partial charge >= 0.3 is 12.1 Å². The van der Waals surface area contributed by atoms with Crippen molar-refractivity contribution < 1.29 is 38.5 Å². The molecule has 4 rings (SSSR count). The molecule has 52 heavy (non-hydrogen) atoms. The van der Waals surface area contributed by atoms with Gasteiger partial charge in [0, 0.05) is 25.0 Å². The van der Waals surface area contributed by atoms with Gasteiger partial charge in [0.2, 0.25) is 11.8 Å². The summed E-state index contributed by atoms with van der Waals surface area (Å²) < 4.78 is 17.2. The molecule has 3 unspecified atom stereocenters. The maximum absolute atomic E-state index is 14.6. The standard InChI is InChI=1S/C41H53N3O8/c1-7-11-13-15-16-18-33(42-39(49)52-21-17-14-12-8-2)37(46)44-27-40(51-6,26-34(44)36(45)43-41(38(47)48)25-31(41)10-4)32-20-19-29-24-35(50-5)28(9-3)22-30(29)23-32/h7-10,19-20,22-24,31,33-34H,1-4,11-18,21,25-27H2,5-6H3,(H,42,49)(H,43,45)(H,47,48)/t31?,33?,34-,40-,41?/m0/s1. The molecule has 1 saturated carbocycles. The molecule has 280 valence electrons. The molecule has 1 aliphatic heterocycles. The van der Waals surface area contributed by atoms with Gasteiger partial charge in [-0.25, -0.2) is 9.59 Å². The maximum atomic E-state index is 14.6. The molecule has 3 amide bonds. The van der Waals surface area contributed by atoms with E-state index in [1.54, 1.807) is 19.3 Å². The number of alkyl carbamates (subject to hydrolysis) is 1. The lowest BCUT2D eigenvalue weighted by molar-refractivity contribution is -0.145. The maximum Gasteiger partial charge on any atom is 0.407 e. The molecule has 5 atom stereocenters. The van der Waals surface area contributed by atoms with Crippen molar-refractivity contribution >= 4 is 40.7 Å². The number of hydrogen-bond donors (Lipinski definition) is 3. The molecule has 3 N–H and O–H groups in total. The zero-order valence-electron chi connectivity index (χ0n) is 30.5. The van der Waals surface area contributed by atoms with Crippen LogP contribution in [0.2, 0.25) is 0 Å². The fourth-order valence-corrected chi connectivity index (χ4v) is 7.06. The summed E-state index contributed by atoms with van der Waals surface area (Å²) in [5.41, 5.74) is -1.12. The molecule has 0 radical (unpaired) electrons. The lowest BCUT2D eigenvalue weighted by Gasteiger charge is -2.31. The number of nitrogens with zero attached hydrogens (tertiary/aromatic N) is 1. The highest BCUT2D eigenvalue weighted by molar-refractivity contribution is 5.96. The Balaban J connectivity index is 1.69. The van der Waals surface area contributed by atoms with E-state index in [4.69, 9.17) is 14.2 Å². The number of methoxy groups -OCH3 is 2. The van der Waals surface area contributed by atoms with Gasteiger partial charge in [-0.2, -0.15) is 0 Å². The quantitative estimate of drug-likeness (QED) is 0.0962. The van der Waals surface area contributed by atoms with Gasteiger partial charge < -0.3 is 34.9 Å². The molecule has 2 fully saturated rings. The van der Waals surface area contributed by atoms with Gasteiger partial charge in [0.15, 0.2) is 0 Å².